The Labute approximate surface area is 247 Å². The largest absolute Gasteiger partial charge is 0.459 e. The van der Waals surface area contributed by atoms with Gasteiger partial charge in [-0.3, -0.25) is 9.59 Å². The summed E-state index contributed by atoms with van der Waals surface area (Å²) in [5, 5.41) is 46.5. The highest BCUT2D eigenvalue weighted by atomic mass is 16.6. The fourth-order valence-electron chi connectivity index (χ4n) is 9.26. The molecule has 0 aliphatic heterocycles. The molecule has 0 bridgehead atoms. The number of ketones is 1. The lowest BCUT2D eigenvalue weighted by Gasteiger charge is -2.53. The van der Waals surface area contributed by atoms with Crippen molar-refractivity contribution in [3.05, 3.63) is 11.6 Å². The molecule has 3 fully saturated rings. The van der Waals surface area contributed by atoms with Crippen molar-refractivity contribution in [2.45, 2.75) is 147 Å². The van der Waals surface area contributed by atoms with E-state index in [0.717, 1.165) is 19.3 Å². The van der Waals surface area contributed by atoms with Crippen LogP contribution in [0.5, 0.6) is 0 Å². The Kier molecular flexibility index (Phi) is 9.85. The minimum Gasteiger partial charge on any atom is -0.459 e. The highest BCUT2D eigenvalue weighted by Crippen LogP contribution is 2.76. The number of fused-ring (bicyclic) bond motifs is 5. The van der Waals surface area contributed by atoms with Crippen molar-refractivity contribution in [3.8, 4) is 0 Å². The van der Waals surface area contributed by atoms with E-state index in [2.05, 4.69) is 6.92 Å². The monoisotopic (exact) mass is 576 g/mol. The molecule has 4 aliphatic carbocycles. The van der Waals surface area contributed by atoms with E-state index in [-0.39, 0.29) is 25.4 Å². The van der Waals surface area contributed by atoms with E-state index in [4.69, 9.17) is 4.74 Å². The molecule has 4 rings (SSSR count). The topological polar surface area (TPSA) is 124 Å². The van der Waals surface area contributed by atoms with Crippen molar-refractivity contribution in [2.75, 3.05) is 6.61 Å². The number of Topliss-reactive ketones (excluding diaryl/α,β-unsaturated/α-hetero) is 1. The van der Waals surface area contributed by atoms with Crippen molar-refractivity contribution in [1.82, 2.24) is 0 Å². The second-order valence-corrected chi connectivity index (χ2v) is 14.6. The summed E-state index contributed by atoms with van der Waals surface area (Å²) in [7, 11) is 0. The lowest BCUT2D eigenvalue weighted by atomic mass is 9.58. The van der Waals surface area contributed by atoms with Gasteiger partial charge in [-0.15, -0.1) is 0 Å². The molecule has 0 aromatic carbocycles. The van der Waals surface area contributed by atoms with E-state index in [0.29, 0.717) is 12.0 Å². The first kappa shape index (κ1) is 32.6. The molecule has 0 aromatic rings. The third kappa shape index (κ3) is 5.47. The van der Waals surface area contributed by atoms with Crippen LogP contribution in [0.25, 0.3) is 0 Å². The maximum Gasteiger partial charge on any atom is 0.306 e. The fraction of sp³-hybridized carbons (Fsp3) is 0.882. The lowest BCUT2D eigenvalue weighted by molar-refractivity contribution is -0.226. The Bertz CT molecular complexity index is 990. The van der Waals surface area contributed by atoms with E-state index in [1.54, 1.807) is 19.9 Å². The van der Waals surface area contributed by atoms with Crippen molar-refractivity contribution >= 4 is 11.8 Å². The summed E-state index contributed by atoms with van der Waals surface area (Å²) in [6.45, 7) is 9.32. The van der Waals surface area contributed by atoms with Gasteiger partial charge in [-0.25, -0.2) is 0 Å². The van der Waals surface area contributed by atoms with Crippen LogP contribution in [0, 0.1) is 35.0 Å². The molecule has 3 saturated carbocycles. The predicted molar refractivity (Wildman–Crippen MR) is 158 cm³/mol. The minimum absolute atomic E-state index is 0.0568. The normalized spacial score (nSPS) is 40.7. The number of hydrogen-bond donors (Lipinski definition) is 4. The van der Waals surface area contributed by atoms with Gasteiger partial charge < -0.3 is 25.2 Å². The molecule has 9 atom stereocenters. The van der Waals surface area contributed by atoms with Gasteiger partial charge in [0.15, 0.2) is 5.78 Å². The standard InChI is InChI=1S/C34H56O7/c1-6-7-8-9-10-11-12-13-14-15-16-17-27(36)41-30-23(3)33(39)25(28-31(4,5)34(28,30)40)19-24(21-35)20-32(38)26(33)18-22(2)29(32)37/h18,23-26,28,30,35,38-40H,6-17,19-21H2,1-5H3/t23-,24?,25+,26-,28-,30-,32-,33-,34-/m1/s1. The van der Waals surface area contributed by atoms with Crippen LogP contribution in [0.1, 0.15) is 125 Å². The summed E-state index contributed by atoms with van der Waals surface area (Å²) < 4.78 is 6.05. The Morgan fingerprint density at radius 1 is 0.976 bits per heavy atom. The first-order chi connectivity index (χ1) is 19.3. The first-order valence-electron chi connectivity index (χ1n) is 16.5. The zero-order valence-corrected chi connectivity index (χ0v) is 26.2. The number of carbonyl (C=O) groups is 2. The number of ether oxygens (including phenoxy) is 1. The number of esters is 1. The second-order valence-electron chi connectivity index (χ2n) is 14.6. The average molecular weight is 577 g/mol. The van der Waals surface area contributed by atoms with Gasteiger partial charge in [0, 0.05) is 36.2 Å². The highest BCUT2D eigenvalue weighted by Gasteiger charge is 2.85. The summed E-state index contributed by atoms with van der Waals surface area (Å²) >= 11 is 0. The second kappa shape index (κ2) is 12.4. The van der Waals surface area contributed by atoms with Gasteiger partial charge in [0.25, 0.3) is 0 Å². The van der Waals surface area contributed by atoms with Crippen molar-refractivity contribution < 1.29 is 34.8 Å². The molecule has 0 saturated heterocycles. The zero-order chi connectivity index (χ0) is 30.2. The smallest absolute Gasteiger partial charge is 0.306 e. The Hall–Kier alpha value is -1.28. The number of unbranched alkanes of at least 4 members (excludes halogenated alkanes) is 10. The minimum atomic E-state index is -1.83. The van der Waals surface area contributed by atoms with Crippen molar-refractivity contribution in [3.63, 3.8) is 0 Å². The van der Waals surface area contributed by atoms with Crippen LogP contribution >= 0.6 is 0 Å². The molecular weight excluding hydrogens is 520 g/mol. The van der Waals surface area contributed by atoms with E-state index in [1.807, 2.05) is 13.8 Å². The van der Waals surface area contributed by atoms with Gasteiger partial charge in [-0.1, -0.05) is 98.0 Å². The summed E-state index contributed by atoms with van der Waals surface area (Å²) in [6, 6.07) is 0. The molecule has 4 N–H and O–H groups in total. The number of hydrogen-bond acceptors (Lipinski definition) is 7. The molecule has 0 amide bonds. The number of aliphatic hydroxyl groups is 4. The Morgan fingerprint density at radius 2 is 1.54 bits per heavy atom. The third-order valence-electron chi connectivity index (χ3n) is 11.7. The number of rotatable bonds is 14. The van der Waals surface area contributed by atoms with E-state index >= 15 is 0 Å². The van der Waals surface area contributed by atoms with Crippen molar-refractivity contribution in [2.24, 2.45) is 35.0 Å². The molecule has 1 unspecified atom stereocenters. The van der Waals surface area contributed by atoms with Gasteiger partial charge in [0.1, 0.15) is 17.3 Å². The molecule has 41 heavy (non-hydrogen) atoms. The number of carbonyl (C=O) groups excluding carboxylic acids is 2. The molecule has 234 valence electrons. The van der Waals surface area contributed by atoms with E-state index < -0.39 is 63.7 Å². The molecule has 7 heteroatoms. The fourth-order valence-corrected chi connectivity index (χ4v) is 9.26. The van der Waals surface area contributed by atoms with Crippen LogP contribution in [0.4, 0.5) is 0 Å². The predicted octanol–water partition coefficient (Wildman–Crippen LogP) is 5.26. The maximum atomic E-state index is 13.2. The third-order valence-corrected chi connectivity index (χ3v) is 11.7. The van der Waals surface area contributed by atoms with E-state index in [1.165, 1.54) is 51.4 Å². The van der Waals surface area contributed by atoms with Gasteiger partial charge >= 0.3 is 5.97 Å². The number of aliphatic hydroxyl groups excluding tert-OH is 1. The van der Waals surface area contributed by atoms with Crippen LogP contribution in [0.15, 0.2) is 11.6 Å². The van der Waals surface area contributed by atoms with Crippen LogP contribution in [0.3, 0.4) is 0 Å². The molecular formula is C34H56O7. The Balaban J connectivity index is 1.41. The van der Waals surface area contributed by atoms with Gasteiger partial charge in [-0.05, 0) is 43.6 Å². The molecule has 0 aromatic heterocycles. The zero-order valence-electron chi connectivity index (χ0n) is 26.2. The first-order valence-corrected chi connectivity index (χ1v) is 16.5. The SMILES string of the molecule is CCCCCCCCCCCCCC(=O)O[C@@H]1[C@@H](C)[C@@]2(O)[C@@H](CC(CO)C[C@]3(O)C(=O)C(C)=C[C@@H]23)[C@@H]2C(C)(C)[C@]12O. The maximum absolute atomic E-state index is 13.2. The Morgan fingerprint density at radius 3 is 2.10 bits per heavy atom. The molecule has 0 spiro atoms. The highest BCUT2D eigenvalue weighted by molar-refractivity contribution is 6.04. The van der Waals surface area contributed by atoms with Crippen LogP contribution in [-0.4, -0.2) is 61.7 Å². The van der Waals surface area contributed by atoms with Crippen LogP contribution in [-0.2, 0) is 14.3 Å². The summed E-state index contributed by atoms with van der Waals surface area (Å²) in [5.74, 6) is -3.66. The lowest BCUT2D eigenvalue weighted by Crippen LogP contribution is -2.65. The summed E-state index contributed by atoms with van der Waals surface area (Å²) in [6.07, 6.45) is 14.5. The average Bonchev–Trinajstić information content (AvgIpc) is 3.32. The van der Waals surface area contributed by atoms with Gasteiger partial charge in [0.05, 0.1) is 5.60 Å². The van der Waals surface area contributed by atoms with Crippen molar-refractivity contribution in [1.29, 1.82) is 0 Å². The van der Waals surface area contributed by atoms with Gasteiger partial charge in [-0.2, -0.15) is 0 Å². The molecule has 4 aliphatic rings. The van der Waals surface area contributed by atoms with E-state index in [9.17, 15) is 30.0 Å². The quantitative estimate of drug-likeness (QED) is 0.164. The summed E-state index contributed by atoms with van der Waals surface area (Å²) in [5.41, 5.74) is -4.97. The van der Waals surface area contributed by atoms with Crippen LogP contribution in [0.2, 0.25) is 0 Å². The van der Waals surface area contributed by atoms with Crippen LogP contribution < -0.4 is 0 Å². The molecule has 0 radical (unpaired) electrons. The van der Waals surface area contributed by atoms with Gasteiger partial charge in [0.2, 0.25) is 0 Å². The molecule has 7 nitrogen and oxygen atoms in total. The molecule has 0 heterocycles. The summed E-state index contributed by atoms with van der Waals surface area (Å²) in [4.78, 5) is 26.3.